The first-order valence-electron chi connectivity index (χ1n) is 3.71. The van der Waals surface area contributed by atoms with E-state index in [1.54, 1.807) is 13.8 Å². The van der Waals surface area contributed by atoms with Crippen LogP contribution in [0.2, 0.25) is 0 Å². The predicted octanol–water partition coefficient (Wildman–Crippen LogP) is -0.133. The van der Waals surface area contributed by atoms with Crippen LogP contribution in [0.15, 0.2) is 0 Å². The van der Waals surface area contributed by atoms with E-state index >= 15 is 0 Å². The molecule has 0 bridgehead atoms. The molecule has 0 aliphatic rings. The maximum atomic E-state index is 10.8. The van der Waals surface area contributed by atoms with Crippen molar-refractivity contribution in [2.75, 3.05) is 13.6 Å². The molecule has 5 heteroatoms. The van der Waals surface area contributed by atoms with Crippen LogP contribution in [0, 0.1) is 0 Å². The molecule has 0 aromatic carbocycles. The number of hydrogen-bond acceptors (Lipinski definition) is 3. The van der Waals surface area contributed by atoms with Crippen molar-refractivity contribution in [3.8, 4) is 0 Å². The Labute approximate surface area is 71.5 Å². The molecular weight excluding hydrogens is 160 g/mol. The Bertz CT molecular complexity index is 168. The first-order valence-corrected chi connectivity index (χ1v) is 3.71. The van der Waals surface area contributed by atoms with Gasteiger partial charge in [0.15, 0.2) is 0 Å². The number of ether oxygens (including phenoxy) is 1. The van der Waals surface area contributed by atoms with Crippen molar-refractivity contribution in [3.63, 3.8) is 0 Å². The second kappa shape index (κ2) is 5.40. The summed E-state index contributed by atoms with van der Waals surface area (Å²) in [5.74, 6) is -0.254. The molecule has 12 heavy (non-hydrogen) atoms. The normalized spacial score (nSPS) is 9.33. The maximum Gasteiger partial charge on any atom is 0.407 e. The Morgan fingerprint density at radius 2 is 2.00 bits per heavy atom. The van der Waals surface area contributed by atoms with Gasteiger partial charge in [-0.15, -0.1) is 0 Å². The highest BCUT2D eigenvalue weighted by atomic mass is 16.6. The van der Waals surface area contributed by atoms with Crippen LogP contribution in [-0.2, 0) is 9.53 Å². The molecule has 0 unspecified atom stereocenters. The van der Waals surface area contributed by atoms with Crippen molar-refractivity contribution in [2.24, 2.45) is 0 Å². The van der Waals surface area contributed by atoms with Gasteiger partial charge in [-0.2, -0.15) is 0 Å². The van der Waals surface area contributed by atoms with Crippen LogP contribution in [0.1, 0.15) is 13.8 Å². The third kappa shape index (κ3) is 5.52. The molecule has 0 aromatic heterocycles. The van der Waals surface area contributed by atoms with Crippen LogP contribution in [0.4, 0.5) is 4.79 Å². The average molecular weight is 174 g/mol. The highest BCUT2D eigenvalue weighted by molar-refractivity contribution is 5.81. The van der Waals surface area contributed by atoms with Gasteiger partial charge in [-0.3, -0.25) is 4.79 Å². The number of hydrogen-bond donors (Lipinski definition) is 2. The van der Waals surface area contributed by atoms with E-state index in [1.807, 2.05) is 0 Å². The molecule has 70 valence electrons. The van der Waals surface area contributed by atoms with E-state index < -0.39 is 6.09 Å². The molecule has 0 saturated heterocycles. The summed E-state index contributed by atoms with van der Waals surface area (Å²) in [7, 11) is 1.50. The molecule has 0 heterocycles. The van der Waals surface area contributed by atoms with Crippen molar-refractivity contribution >= 4 is 12.0 Å². The first kappa shape index (κ1) is 10.7. The van der Waals surface area contributed by atoms with E-state index in [0.29, 0.717) is 0 Å². The summed E-state index contributed by atoms with van der Waals surface area (Å²) in [5.41, 5.74) is 0. The number of alkyl carbamates (subject to hydrolysis) is 1. The van der Waals surface area contributed by atoms with Gasteiger partial charge in [-0.25, -0.2) is 4.79 Å². The van der Waals surface area contributed by atoms with Crippen molar-refractivity contribution in [2.45, 2.75) is 20.0 Å². The van der Waals surface area contributed by atoms with Gasteiger partial charge >= 0.3 is 6.09 Å². The van der Waals surface area contributed by atoms with Gasteiger partial charge in [0.2, 0.25) is 5.91 Å². The highest BCUT2D eigenvalue weighted by Gasteiger charge is 2.05. The summed E-state index contributed by atoms with van der Waals surface area (Å²) in [6.45, 7) is 3.42. The van der Waals surface area contributed by atoms with Gasteiger partial charge in [0, 0.05) is 7.05 Å². The largest absolute Gasteiger partial charge is 0.447 e. The Kier molecular flexibility index (Phi) is 4.83. The lowest BCUT2D eigenvalue weighted by atomic mass is 10.5. The van der Waals surface area contributed by atoms with Gasteiger partial charge in [0.05, 0.1) is 12.6 Å². The summed E-state index contributed by atoms with van der Waals surface area (Å²) < 4.78 is 4.72. The Balaban J connectivity index is 3.51. The molecule has 0 aliphatic heterocycles. The molecule has 2 amide bonds. The van der Waals surface area contributed by atoms with Crippen LogP contribution in [0.3, 0.4) is 0 Å². The summed E-state index contributed by atoms with van der Waals surface area (Å²) >= 11 is 0. The van der Waals surface area contributed by atoms with Gasteiger partial charge < -0.3 is 15.4 Å². The topological polar surface area (TPSA) is 67.4 Å². The number of amides is 2. The summed E-state index contributed by atoms with van der Waals surface area (Å²) in [5, 5.41) is 4.66. The molecule has 0 aliphatic carbocycles. The second-order valence-corrected chi connectivity index (χ2v) is 2.48. The summed E-state index contributed by atoms with van der Waals surface area (Å²) in [6, 6.07) is 0. The van der Waals surface area contributed by atoms with Crippen LogP contribution in [0.25, 0.3) is 0 Å². The number of carbonyl (C=O) groups is 2. The SMILES string of the molecule is CNC(=O)CNC(=O)OC(C)C. The first-order chi connectivity index (χ1) is 5.56. The smallest absolute Gasteiger partial charge is 0.407 e. The van der Waals surface area contributed by atoms with Crippen LogP contribution >= 0.6 is 0 Å². The van der Waals surface area contributed by atoms with E-state index in [1.165, 1.54) is 7.05 Å². The number of carbonyl (C=O) groups excluding carboxylic acids is 2. The number of rotatable bonds is 3. The van der Waals surface area contributed by atoms with Crippen LogP contribution < -0.4 is 10.6 Å². The van der Waals surface area contributed by atoms with Gasteiger partial charge in [0.25, 0.3) is 0 Å². The fraction of sp³-hybridized carbons (Fsp3) is 0.714. The Morgan fingerprint density at radius 1 is 1.42 bits per heavy atom. The maximum absolute atomic E-state index is 10.8. The molecule has 0 spiro atoms. The van der Waals surface area contributed by atoms with E-state index in [4.69, 9.17) is 4.74 Å². The molecule has 0 atom stereocenters. The van der Waals surface area contributed by atoms with E-state index in [9.17, 15) is 9.59 Å². The van der Waals surface area contributed by atoms with Crippen molar-refractivity contribution in [1.29, 1.82) is 0 Å². The number of nitrogens with one attached hydrogen (secondary N) is 2. The number of likely N-dealkylation sites (N-methyl/N-ethyl adjacent to an activating group) is 1. The summed E-state index contributed by atoms with van der Waals surface area (Å²) in [6.07, 6.45) is -0.747. The Morgan fingerprint density at radius 3 is 2.42 bits per heavy atom. The van der Waals surface area contributed by atoms with E-state index in [-0.39, 0.29) is 18.6 Å². The molecule has 5 nitrogen and oxygen atoms in total. The minimum Gasteiger partial charge on any atom is -0.447 e. The second-order valence-electron chi connectivity index (χ2n) is 2.48. The monoisotopic (exact) mass is 174 g/mol. The zero-order chi connectivity index (χ0) is 9.56. The van der Waals surface area contributed by atoms with Crippen molar-refractivity contribution in [1.82, 2.24) is 10.6 Å². The minimum absolute atomic E-state index is 0.0535. The van der Waals surface area contributed by atoms with Crippen molar-refractivity contribution < 1.29 is 14.3 Å². The van der Waals surface area contributed by atoms with Crippen LogP contribution in [0.5, 0.6) is 0 Å². The van der Waals surface area contributed by atoms with E-state index in [2.05, 4.69) is 10.6 Å². The average Bonchev–Trinajstić information content (AvgIpc) is 1.99. The zero-order valence-corrected chi connectivity index (χ0v) is 7.51. The third-order valence-corrected chi connectivity index (χ3v) is 1.01. The van der Waals surface area contributed by atoms with Crippen LogP contribution in [-0.4, -0.2) is 31.7 Å². The van der Waals surface area contributed by atoms with Gasteiger partial charge in [-0.05, 0) is 13.8 Å². The van der Waals surface area contributed by atoms with Gasteiger partial charge in [0.1, 0.15) is 0 Å². The molecule has 0 radical (unpaired) electrons. The zero-order valence-electron chi connectivity index (χ0n) is 7.51. The summed E-state index contributed by atoms with van der Waals surface area (Å²) in [4.78, 5) is 21.4. The molecule has 2 N–H and O–H groups in total. The van der Waals surface area contributed by atoms with Crippen molar-refractivity contribution in [3.05, 3.63) is 0 Å². The predicted molar refractivity (Wildman–Crippen MR) is 43.7 cm³/mol. The van der Waals surface area contributed by atoms with E-state index in [0.717, 1.165) is 0 Å². The lowest BCUT2D eigenvalue weighted by molar-refractivity contribution is -0.119. The highest BCUT2D eigenvalue weighted by Crippen LogP contribution is 1.86. The molecule has 0 saturated carbocycles. The quantitative estimate of drug-likeness (QED) is 0.626. The molecule has 0 rings (SSSR count). The standard InChI is InChI=1S/C7H14N2O3/c1-5(2)12-7(11)9-4-6(10)8-3/h5H,4H2,1-3H3,(H,8,10)(H,9,11). The lowest BCUT2D eigenvalue weighted by Crippen LogP contribution is -2.36. The fourth-order valence-electron chi connectivity index (χ4n) is 0.497. The Hall–Kier alpha value is -1.26. The van der Waals surface area contributed by atoms with Gasteiger partial charge in [-0.1, -0.05) is 0 Å². The third-order valence-electron chi connectivity index (χ3n) is 1.01. The lowest BCUT2D eigenvalue weighted by Gasteiger charge is -2.08. The molecule has 0 aromatic rings. The minimum atomic E-state index is -0.575. The molecule has 0 fully saturated rings. The fourth-order valence-corrected chi connectivity index (χ4v) is 0.497. The molecular formula is C7H14N2O3.